The summed E-state index contributed by atoms with van der Waals surface area (Å²) in [5.41, 5.74) is 7.23. The van der Waals surface area contributed by atoms with Crippen molar-refractivity contribution in [1.82, 2.24) is 5.73 Å². The summed E-state index contributed by atoms with van der Waals surface area (Å²) in [6.45, 7) is 0. The molecule has 1 rings (SSSR count). The van der Waals surface area contributed by atoms with E-state index in [9.17, 15) is 8.42 Å². The van der Waals surface area contributed by atoms with Crippen LogP contribution in [0.4, 0.5) is 5.69 Å². The molecular weight excluding hydrogens is 164 g/mol. The van der Waals surface area contributed by atoms with Crippen molar-refractivity contribution in [2.45, 2.75) is 4.90 Å². The molecule has 0 bridgehead atoms. The van der Waals surface area contributed by atoms with Crippen LogP contribution in [0.1, 0.15) is 0 Å². The number of hydrogen-bond donors (Lipinski definition) is 1. The molecule has 4 nitrogen and oxygen atoms in total. The summed E-state index contributed by atoms with van der Waals surface area (Å²) < 4.78 is 21.4. The van der Waals surface area contributed by atoms with E-state index in [2.05, 4.69) is 0 Å². The van der Waals surface area contributed by atoms with E-state index in [0.29, 0.717) is 0 Å². The Morgan fingerprint density at radius 1 is 1.36 bits per heavy atom. The maximum Gasteiger partial charge on any atom is 0.238 e. The van der Waals surface area contributed by atoms with Crippen molar-refractivity contribution >= 4 is 15.7 Å². The zero-order valence-corrected chi connectivity index (χ0v) is 6.43. The van der Waals surface area contributed by atoms with E-state index in [-0.39, 0.29) is 10.6 Å². The second kappa shape index (κ2) is 2.52. The molecule has 0 saturated carbocycles. The molecular formula is C6H7N2O2S. The van der Waals surface area contributed by atoms with E-state index in [1.807, 2.05) is 0 Å². The van der Waals surface area contributed by atoms with E-state index in [4.69, 9.17) is 10.9 Å². The van der Waals surface area contributed by atoms with Crippen molar-refractivity contribution in [3.8, 4) is 0 Å². The van der Waals surface area contributed by atoms with Gasteiger partial charge < -0.3 is 5.73 Å². The van der Waals surface area contributed by atoms with Gasteiger partial charge in [0.25, 0.3) is 0 Å². The molecule has 1 radical (unpaired) electrons. The van der Waals surface area contributed by atoms with Crippen LogP contribution in [0, 0.1) is 0 Å². The fourth-order valence-corrected chi connectivity index (χ4v) is 1.23. The summed E-state index contributed by atoms with van der Waals surface area (Å²) in [5, 5.41) is 4.81. The van der Waals surface area contributed by atoms with Crippen LogP contribution < -0.4 is 10.9 Å². The van der Waals surface area contributed by atoms with Gasteiger partial charge in [-0.2, -0.15) is 0 Å². The molecule has 0 saturated heterocycles. The van der Waals surface area contributed by atoms with Gasteiger partial charge in [0.1, 0.15) is 0 Å². The van der Waals surface area contributed by atoms with Crippen LogP contribution in [0.25, 0.3) is 0 Å². The average Bonchev–Trinajstić information content (AvgIpc) is 1.86. The third-order valence-electron chi connectivity index (χ3n) is 1.16. The zero-order chi connectivity index (χ0) is 8.48. The van der Waals surface area contributed by atoms with Crippen LogP contribution in [-0.2, 0) is 10.0 Å². The molecule has 0 heterocycles. The summed E-state index contributed by atoms with van der Waals surface area (Å²) in [6, 6.07) is 5.51. The largest absolute Gasteiger partial charge is 0.301 e. The van der Waals surface area contributed by atoms with Crippen LogP contribution >= 0.6 is 0 Å². The molecule has 0 aliphatic rings. The molecule has 1 aromatic carbocycles. The molecule has 0 aromatic heterocycles. The van der Waals surface area contributed by atoms with Crippen molar-refractivity contribution in [1.29, 1.82) is 0 Å². The lowest BCUT2D eigenvalue weighted by Gasteiger charge is -1.96. The standard InChI is InChI=1S/C6H7N2O2S/c7-5-2-1-3-6(4-5)11(8,9)10/h1-4,7H,(H2,8,9,10). The molecule has 11 heavy (non-hydrogen) atoms. The van der Waals surface area contributed by atoms with Gasteiger partial charge in [0.15, 0.2) is 0 Å². The van der Waals surface area contributed by atoms with Crippen molar-refractivity contribution in [3.05, 3.63) is 24.3 Å². The predicted octanol–water partition coefficient (Wildman–Crippen LogP) is 0.248. The van der Waals surface area contributed by atoms with Crippen molar-refractivity contribution < 1.29 is 8.42 Å². The summed E-state index contributed by atoms with van der Waals surface area (Å²) in [4.78, 5) is -0.0231. The second-order valence-electron chi connectivity index (χ2n) is 2.07. The highest BCUT2D eigenvalue weighted by atomic mass is 32.2. The Kier molecular flexibility index (Phi) is 1.84. The summed E-state index contributed by atoms with van der Waals surface area (Å²) >= 11 is 0. The lowest BCUT2D eigenvalue weighted by Crippen LogP contribution is -2.11. The van der Waals surface area contributed by atoms with Gasteiger partial charge in [-0.3, -0.25) is 0 Å². The van der Waals surface area contributed by atoms with Gasteiger partial charge in [-0.05, 0) is 18.2 Å². The molecule has 1 aromatic rings. The van der Waals surface area contributed by atoms with Crippen LogP contribution in [0.3, 0.4) is 0 Å². The molecule has 5 heteroatoms. The zero-order valence-electron chi connectivity index (χ0n) is 5.61. The number of nitrogens with two attached hydrogens (primary N) is 1. The lowest BCUT2D eigenvalue weighted by molar-refractivity contribution is 0.598. The molecule has 0 aliphatic carbocycles. The number of nitrogens with one attached hydrogen (secondary N) is 1. The first-order valence-electron chi connectivity index (χ1n) is 2.84. The van der Waals surface area contributed by atoms with Gasteiger partial charge in [-0.15, -0.1) is 0 Å². The van der Waals surface area contributed by atoms with Crippen molar-refractivity contribution in [2.75, 3.05) is 0 Å². The lowest BCUT2D eigenvalue weighted by atomic mass is 10.3. The highest BCUT2D eigenvalue weighted by molar-refractivity contribution is 7.89. The maximum absolute atomic E-state index is 10.7. The van der Waals surface area contributed by atoms with Crippen LogP contribution in [0.5, 0.6) is 0 Å². The van der Waals surface area contributed by atoms with E-state index >= 15 is 0 Å². The van der Waals surface area contributed by atoms with Crippen molar-refractivity contribution in [2.24, 2.45) is 5.14 Å². The predicted molar refractivity (Wildman–Crippen MR) is 40.6 cm³/mol. The van der Waals surface area contributed by atoms with Crippen LogP contribution in [0.2, 0.25) is 0 Å². The highest BCUT2D eigenvalue weighted by Gasteiger charge is 2.05. The van der Waals surface area contributed by atoms with Crippen molar-refractivity contribution in [3.63, 3.8) is 0 Å². The van der Waals surface area contributed by atoms with E-state index < -0.39 is 10.0 Å². The quantitative estimate of drug-likeness (QED) is 0.656. The SMILES string of the molecule is [NH]c1cccc(S(N)(=O)=O)c1. The minimum Gasteiger partial charge on any atom is -0.301 e. The van der Waals surface area contributed by atoms with Gasteiger partial charge >= 0.3 is 0 Å². The fraction of sp³-hybridized carbons (Fsp3) is 0. The molecule has 59 valence electrons. The average molecular weight is 171 g/mol. The first-order valence-corrected chi connectivity index (χ1v) is 4.39. The normalized spacial score (nSPS) is 11.4. The number of primary sulfonamides is 1. The Bertz CT molecular complexity index is 359. The second-order valence-corrected chi connectivity index (χ2v) is 3.63. The van der Waals surface area contributed by atoms with Gasteiger partial charge in [0.05, 0.1) is 10.6 Å². The minimum atomic E-state index is -3.65. The fourth-order valence-electron chi connectivity index (χ4n) is 0.673. The molecule has 0 spiro atoms. The Morgan fingerprint density at radius 3 is 2.36 bits per heavy atom. The van der Waals surface area contributed by atoms with E-state index in [1.165, 1.54) is 24.3 Å². The maximum atomic E-state index is 10.7. The van der Waals surface area contributed by atoms with E-state index in [1.54, 1.807) is 0 Å². The van der Waals surface area contributed by atoms with Crippen LogP contribution in [-0.4, -0.2) is 8.42 Å². The molecule has 0 aliphatic heterocycles. The molecule has 3 N–H and O–H groups in total. The number of hydrogen-bond acceptors (Lipinski definition) is 2. The third kappa shape index (κ3) is 1.92. The molecule has 0 unspecified atom stereocenters. The van der Waals surface area contributed by atoms with E-state index in [0.717, 1.165) is 0 Å². The topological polar surface area (TPSA) is 84.0 Å². The first kappa shape index (κ1) is 8.03. The van der Waals surface area contributed by atoms with Gasteiger partial charge in [0, 0.05) is 0 Å². The highest BCUT2D eigenvalue weighted by Crippen LogP contribution is 2.11. The summed E-state index contributed by atoms with van der Waals surface area (Å²) in [7, 11) is -3.65. The number of benzene rings is 1. The minimum absolute atomic E-state index is 0.0231. The number of rotatable bonds is 1. The smallest absolute Gasteiger partial charge is 0.238 e. The first-order chi connectivity index (χ1) is 5.00. The summed E-state index contributed by atoms with van der Waals surface area (Å²) in [6.07, 6.45) is 0. The molecule has 0 amide bonds. The summed E-state index contributed by atoms with van der Waals surface area (Å²) in [5.74, 6) is 0. The van der Waals surface area contributed by atoms with Gasteiger partial charge in [-0.25, -0.2) is 13.6 Å². The molecule has 0 fully saturated rings. The Balaban J connectivity index is 3.28. The Morgan fingerprint density at radius 2 is 2.00 bits per heavy atom. The van der Waals surface area contributed by atoms with Crippen LogP contribution in [0.15, 0.2) is 29.2 Å². The van der Waals surface area contributed by atoms with Gasteiger partial charge in [-0.1, -0.05) is 6.07 Å². The molecule has 0 atom stereocenters. The third-order valence-corrected chi connectivity index (χ3v) is 2.07. The monoisotopic (exact) mass is 171 g/mol. The van der Waals surface area contributed by atoms with Gasteiger partial charge in [0.2, 0.25) is 10.0 Å². The Hall–Kier alpha value is -1.07. The number of sulfonamides is 1. The Labute approximate surface area is 64.9 Å².